The molecule has 4 rings (SSSR count). The summed E-state index contributed by atoms with van der Waals surface area (Å²) in [5, 5.41) is 0. The van der Waals surface area contributed by atoms with Gasteiger partial charge in [0.1, 0.15) is 5.60 Å². The van der Waals surface area contributed by atoms with Gasteiger partial charge in [-0.3, -0.25) is 4.90 Å². The molecule has 3 heterocycles. The lowest BCUT2D eigenvalue weighted by molar-refractivity contribution is -0.0240. The van der Waals surface area contributed by atoms with Crippen LogP contribution in [0.25, 0.3) is 0 Å². The van der Waals surface area contributed by atoms with Crippen LogP contribution in [0.5, 0.6) is 0 Å². The molecule has 0 aromatic heterocycles. The van der Waals surface area contributed by atoms with Crippen LogP contribution in [0.1, 0.15) is 61.3 Å². The number of carbonyl (C=O) groups excluding carboxylic acids is 1. The van der Waals surface area contributed by atoms with Gasteiger partial charge in [-0.05, 0) is 66.8 Å². The number of fused-ring (bicyclic) bond motifs is 1. The summed E-state index contributed by atoms with van der Waals surface area (Å²) in [7, 11) is -0.300. The summed E-state index contributed by atoms with van der Waals surface area (Å²) in [6.45, 7) is 13.9. The summed E-state index contributed by atoms with van der Waals surface area (Å²) >= 11 is 0. The molecule has 0 aromatic rings. The fourth-order valence-corrected chi connectivity index (χ4v) is 3.32. The number of rotatable bonds is 1. The molecule has 6 heteroatoms. The van der Waals surface area contributed by atoms with Crippen molar-refractivity contribution in [2.75, 3.05) is 0 Å². The van der Waals surface area contributed by atoms with Crippen LogP contribution < -0.4 is 0 Å². The van der Waals surface area contributed by atoms with E-state index in [0.717, 1.165) is 18.3 Å². The van der Waals surface area contributed by atoms with Crippen molar-refractivity contribution >= 4 is 13.2 Å². The topological polar surface area (TPSA) is 48.0 Å². The second-order valence-corrected chi connectivity index (χ2v) is 8.88. The van der Waals surface area contributed by atoms with Crippen molar-refractivity contribution in [1.82, 2.24) is 4.90 Å². The van der Waals surface area contributed by atoms with Gasteiger partial charge in [0.25, 0.3) is 0 Å². The molecule has 2 bridgehead atoms. The quantitative estimate of drug-likeness (QED) is 0.695. The Bertz CT molecular complexity index is 533. The maximum atomic E-state index is 12.3. The molecule has 3 aliphatic heterocycles. The van der Waals surface area contributed by atoms with E-state index in [9.17, 15) is 4.79 Å². The van der Waals surface area contributed by atoms with Crippen molar-refractivity contribution in [3.8, 4) is 0 Å². The van der Waals surface area contributed by atoms with Crippen LogP contribution in [0, 0.1) is 0 Å². The Balaban J connectivity index is 1.69. The van der Waals surface area contributed by atoms with E-state index in [1.54, 1.807) is 0 Å². The number of ether oxygens (including phenoxy) is 1. The van der Waals surface area contributed by atoms with E-state index in [1.807, 2.05) is 25.7 Å². The molecule has 23 heavy (non-hydrogen) atoms. The molecule has 128 valence electrons. The van der Waals surface area contributed by atoms with Crippen LogP contribution in [0.2, 0.25) is 0 Å². The molecular weight excluding hydrogens is 293 g/mol. The molecule has 0 unspecified atom stereocenters. The summed E-state index contributed by atoms with van der Waals surface area (Å²) in [5.74, 6) is 0. The monoisotopic (exact) mass is 321 g/mol. The number of hydrogen-bond donors (Lipinski definition) is 0. The molecule has 5 nitrogen and oxygen atoms in total. The van der Waals surface area contributed by atoms with Crippen LogP contribution in [-0.4, -0.2) is 47.0 Å². The first-order valence-corrected chi connectivity index (χ1v) is 8.47. The molecule has 0 aromatic carbocycles. The Labute approximate surface area is 139 Å². The minimum absolute atomic E-state index is 0.109. The van der Waals surface area contributed by atoms with E-state index < -0.39 is 5.60 Å². The van der Waals surface area contributed by atoms with Gasteiger partial charge in [-0.1, -0.05) is 6.08 Å². The Kier molecular flexibility index (Phi) is 3.66. The van der Waals surface area contributed by atoms with Crippen LogP contribution in [0.15, 0.2) is 11.5 Å². The maximum Gasteiger partial charge on any atom is 0.490 e. The van der Waals surface area contributed by atoms with Crippen molar-refractivity contribution < 1.29 is 18.8 Å². The smallest absolute Gasteiger partial charge is 0.444 e. The Morgan fingerprint density at radius 2 is 1.83 bits per heavy atom. The normalized spacial score (nSPS) is 31.5. The maximum absolute atomic E-state index is 12.3. The van der Waals surface area contributed by atoms with Gasteiger partial charge in [-0.15, -0.1) is 0 Å². The first-order valence-electron chi connectivity index (χ1n) is 8.47. The molecule has 0 spiro atoms. The lowest BCUT2D eigenvalue weighted by Crippen LogP contribution is -2.61. The fourth-order valence-electron chi connectivity index (χ4n) is 3.32. The summed E-state index contributed by atoms with van der Waals surface area (Å²) < 4.78 is 17.7. The van der Waals surface area contributed by atoms with Crippen LogP contribution >= 0.6 is 0 Å². The second kappa shape index (κ2) is 4.99. The van der Waals surface area contributed by atoms with Gasteiger partial charge in [0.05, 0.1) is 17.2 Å². The summed E-state index contributed by atoms with van der Waals surface area (Å²) in [6, 6.07) is 0.312. The van der Waals surface area contributed by atoms with Gasteiger partial charge >= 0.3 is 13.2 Å². The predicted molar refractivity (Wildman–Crippen MR) is 89.0 cm³/mol. The second-order valence-electron chi connectivity index (χ2n) is 8.88. The first kappa shape index (κ1) is 16.8. The van der Waals surface area contributed by atoms with E-state index >= 15 is 0 Å². The number of hydrogen-bond acceptors (Lipinski definition) is 4. The largest absolute Gasteiger partial charge is 0.490 e. The Morgan fingerprint density at radius 1 is 1.26 bits per heavy atom. The minimum Gasteiger partial charge on any atom is -0.444 e. The lowest BCUT2D eigenvalue weighted by Gasteiger charge is -2.51. The number of carbonyl (C=O) groups is 1. The molecule has 0 radical (unpaired) electrons. The van der Waals surface area contributed by atoms with E-state index in [2.05, 4.69) is 33.8 Å². The molecule has 0 saturated carbocycles. The third-order valence-electron chi connectivity index (χ3n) is 5.30. The highest BCUT2D eigenvalue weighted by Gasteiger charge is 2.55. The molecule has 4 aliphatic rings. The zero-order chi connectivity index (χ0) is 17.2. The van der Waals surface area contributed by atoms with Gasteiger partial charge < -0.3 is 14.0 Å². The molecule has 1 amide bonds. The summed E-state index contributed by atoms with van der Waals surface area (Å²) in [5.41, 5.74) is 0.0413. The van der Waals surface area contributed by atoms with Crippen molar-refractivity contribution in [3.05, 3.63) is 11.5 Å². The number of amides is 1. The highest BCUT2D eigenvalue weighted by Crippen LogP contribution is 2.44. The summed E-state index contributed by atoms with van der Waals surface area (Å²) in [4.78, 5) is 14.1. The van der Waals surface area contributed by atoms with Crippen molar-refractivity contribution in [3.63, 3.8) is 0 Å². The van der Waals surface area contributed by atoms with Gasteiger partial charge in [-0.25, -0.2) is 4.79 Å². The zero-order valence-corrected chi connectivity index (χ0v) is 15.3. The highest BCUT2D eigenvalue weighted by atomic mass is 16.7. The molecular formula is C17H28BNO4. The third-order valence-corrected chi connectivity index (χ3v) is 5.30. The molecule has 0 N–H and O–H groups in total. The molecule has 2 fully saturated rings. The Morgan fingerprint density at radius 3 is 2.26 bits per heavy atom. The highest BCUT2D eigenvalue weighted by molar-refractivity contribution is 6.54. The molecule has 1 aliphatic carbocycles. The standard InChI is InChI=1S/C17H28BNO4/c1-15(2,3)21-14(20)19-12-8-11(9-13(19)10-12)18-22-16(4,5)17(6,7)23-18/h8,12-13H,9-10H2,1-7H3/t12-,13+/m1/s1. The third kappa shape index (κ3) is 2.91. The van der Waals surface area contributed by atoms with Crippen molar-refractivity contribution in [1.29, 1.82) is 0 Å². The Hall–Kier alpha value is -1.01. The average Bonchev–Trinajstić information content (AvgIpc) is 2.56. The fraction of sp³-hybridized carbons (Fsp3) is 0.824. The van der Waals surface area contributed by atoms with Gasteiger partial charge in [0.15, 0.2) is 0 Å². The van der Waals surface area contributed by atoms with Crippen LogP contribution in [0.4, 0.5) is 4.79 Å². The number of nitrogens with zero attached hydrogens (tertiary/aromatic N) is 1. The minimum atomic E-state index is -0.459. The van der Waals surface area contributed by atoms with Crippen molar-refractivity contribution in [2.24, 2.45) is 0 Å². The zero-order valence-electron chi connectivity index (χ0n) is 15.3. The van der Waals surface area contributed by atoms with E-state index in [0.29, 0.717) is 0 Å². The molecule has 2 atom stereocenters. The van der Waals surface area contributed by atoms with Gasteiger partial charge in [0, 0.05) is 6.04 Å². The first-order chi connectivity index (χ1) is 10.4. The van der Waals surface area contributed by atoms with E-state index in [4.69, 9.17) is 14.0 Å². The van der Waals surface area contributed by atoms with Crippen LogP contribution in [0.3, 0.4) is 0 Å². The van der Waals surface area contributed by atoms with E-state index in [-0.39, 0.29) is 36.5 Å². The summed E-state index contributed by atoms with van der Waals surface area (Å²) in [6.07, 6.45) is 3.71. The van der Waals surface area contributed by atoms with Gasteiger partial charge in [-0.2, -0.15) is 0 Å². The van der Waals surface area contributed by atoms with Gasteiger partial charge in [0.2, 0.25) is 0 Å². The van der Waals surface area contributed by atoms with Crippen LogP contribution in [-0.2, 0) is 14.0 Å². The predicted octanol–water partition coefficient (Wildman–Crippen LogP) is 3.33. The van der Waals surface area contributed by atoms with E-state index in [1.165, 1.54) is 0 Å². The van der Waals surface area contributed by atoms with Crippen molar-refractivity contribution in [2.45, 2.75) is 90.2 Å². The SMILES string of the molecule is CC(C)(C)OC(=O)N1[C@H]2CC(B3OC(C)(C)C(C)(C)O3)=C[C@@H]1C2. The lowest BCUT2D eigenvalue weighted by atomic mass is 9.66. The average molecular weight is 321 g/mol. The molecule has 2 saturated heterocycles.